The lowest BCUT2D eigenvalue weighted by molar-refractivity contribution is 0.654. The fraction of sp³-hybridized carbons (Fsp3) is 0.154. The highest BCUT2D eigenvalue weighted by atomic mass is 35.5. The van der Waals surface area contributed by atoms with Crippen molar-refractivity contribution in [3.8, 4) is 0 Å². The van der Waals surface area contributed by atoms with Crippen molar-refractivity contribution in [2.75, 3.05) is 6.26 Å². The highest BCUT2D eigenvalue weighted by Gasteiger charge is 2.11. The Morgan fingerprint density at radius 3 is 3.05 bits per heavy atom. The van der Waals surface area contributed by atoms with Crippen LogP contribution in [-0.4, -0.2) is 30.2 Å². The van der Waals surface area contributed by atoms with Crippen LogP contribution in [0, 0.1) is 0 Å². The van der Waals surface area contributed by atoms with E-state index in [-0.39, 0.29) is 0 Å². The number of nitrogens with zero attached hydrogens (tertiary/aromatic N) is 4. The van der Waals surface area contributed by atoms with Crippen LogP contribution < -0.4 is 0 Å². The molecule has 2 aromatic heterocycles. The first-order chi connectivity index (χ1) is 9.65. The van der Waals surface area contributed by atoms with Gasteiger partial charge < -0.3 is 4.57 Å². The Morgan fingerprint density at radius 1 is 1.40 bits per heavy atom. The van der Waals surface area contributed by atoms with E-state index in [0.717, 1.165) is 16.5 Å². The number of fused-ring (bicyclic) bond motifs is 1. The van der Waals surface area contributed by atoms with Crippen molar-refractivity contribution in [2.24, 2.45) is 0 Å². The summed E-state index contributed by atoms with van der Waals surface area (Å²) in [5.74, 6) is 0. The topological polar surface area (TPSA) is 60.7 Å². The molecule has 0 aliphatic rings. The number of halogens is 1. The number of hydrogen-bond acceptors (Lipinski definition) is 4. The predicted octanol–water partition coefficient (Wildman–Crippen LogP) is 2.27. The smallest absolute Gasteiger partial charge is 0.221 e. The van der Waals surface area contributed by atoms with Crippen LogP contribution in [0.15, 0.2) is 41.9 Å². The molecule has 0 amide bonds. The van der Waals surface area contributed by atoms with Gasteiger partial charge in [-0.05, 0) is 23.8 Å². The summed E-state index contributed by atoms with van der Waals surface area (Å²) < 4.78 is 13.3. The zero-order valence-corrected chi connectivity index (χ0v) is 12.2. The molecule has 5 nitrogen and oxygen atoms in total. The molecule has 0 aliphatic carbocycles. The van der Waals surface area contributed by atoms with Gasteiger partial charge in [0.05, 0.1) is 22.9 Å². The molecule has 0 radical (unpaired) electrons. The van der Waals surface area contributed by atoms with E-state index in [0.29, 0.717) is 16.7 Å². The lowest BCUT2D eigenvalue weighted by Gasteiger charge is -2.08. The normalized spacial score (nSPS) is 12.7. The Kier molecular flexibility index (Phi) is 3.50. The third-order valence-electron chi connectivity index (χ3n) is 2.93. The van der Waals surface area contributed by atoms with E-state index in [9.17, 15) is 4.21 Å². The van der Waals surface area contributed by atoms with Gasteiger partial charge in [-0.15, -0.1) is 10.2 Å². The van der Waals surface area contributed by atoms with Crippen molar-refractivity contribution in [2.45, 2.75) is 11.7 Å². The summed E-state index contributed by atoms with van der Waals surface area (Å²) in [6.07, 6.45) is 4.88. The Bertz CT molecular complexity index is 802. The number of benzene rings is 1. The first kappa shape index (κ1) is 13.2. The Balaban J connectivity index is 2.10. The molecule has 0 N–H and O–H groups in total. The molecule has 2 heterocycles. The van der Waals surface area contributed by atoms with Gasteiger partial charge in [-0.3, -0.25) is 9.19 Å². The van der Waals surface area contributed by atoms with Crippen molar-refractivity contribution in [1.82, 2.24) is 19.7 Å². The zero-order valence-electron chi connectivity index (χ0n) is 10.7. The maximum Gasteiger partial charge on any atom is 0.221 e. The Morgan fingerprint density at radius 2 is 2.25 bits per heavy atom. The lowest BCUT2D eigenvalue weighted by atomic mass is 10.1. The first-order valence-electron chi connectivity index (χ1n) is 5.89. The summed E-state index contributed by atoms with van der Waals surface area (Å²) in [6, 6.07) is 7.56. The van der Waals surface area contributed by atoms with Gasteiger partial charge in [0.2, 0.25) is 5.16 Å². The van der Waals surface area contributed by atoms with Gasteiger partial charge in [0.15, 0.2) is 0 Å². The average molecular weight is 307 g/mol. The highest BCUT2D eigenvalue weighted by molar-refractivity contribution is 7.84. The largest absolute Gasteiger partial charge is 0.302 e. The second-order valence-corrected chi connectivity index (χ2v) is 6.05. The van der Waals surface area contributed by atoms with Crippen LogP contribution in [0.3, 0.4) is 0 Å². The third kappa shape index (κ3) is 2.44. The van der Waals surface area contributed by atoms with Crippen LogP contribution >= 0.6 is 11.6 Å². The molecule has 0 saturated carbocycles. The Labute approximate surface area is 123 Å². The van der Waals surface area contributed by atoms with Crippen LogP contribution in [0.5, 0.6) is 0 Å². The zero-order chi connectivity index (χ0) is 14.1. The van der Waals surface area contributed by atoms with Crippen molar-refractivity contribution in [1.29, 1.82) is 0 Å². The summed E-state index contributed by atoms with van der Waals surface area (Å²) in [6.45, 7) is 0.482. The van der Waals surface area contributed by atoms with Crippen LogP contribution in [0.1, 0.15) is 5.56 Å². The second-order valence-electron chi connectivity index (χ2n) is 4.34. The lowest BCUT2D eigenvalue weighted by Crippen LogP contribution is -2.06. The molecule has 0 bridgehead atoms. The van der Waals surface area contributed by atoms with Crippen LogP contribution in [0.2, 0.25) is 5.02 Å². The minimum atomic E-state index is -1.19. The minimum absolute atomic E-state index is 0.439. The third-order valence-corrected chi connectivity index (χ3v) is 3.97. The summed E-state index contributed by atoms with van der Waals surface area (Å²) in [4.78, 5) is 4.39. The van der Waals surface area contributed by atoms with E-state index in [1.165, 1.54) is 0 Å². The molecule has 0 spiro atoms. The van der Waals surface area contributed by atoms with Gasteiger partial charge in [-0.2, -0.15) is 0 Å². The van der Waals surface area contributed by atoms with Crippen molar-refractivity contribution >= 4 is 33.3 Å². The van der Waals surface area contributed by atoms with Crippen LogP contribution in [0.4, 0.5) is 0 Å². The van der Waals surface area contributed by atoms with Crippen molar-refractivity contribution in [3.05, 3.63) is 47.4 Å². The number of pyridine rings is 1. The summed E-state index contributed by atoms with van der Waals surface area (Å²) in [5.41, 5.74) is 1.82. The molecule has 0 aliphatic heterocycles. The molecule has 0 unspecified atom stereocenters. The van der Waals surface area contributed by atoms with E-state index < -0.39 is 10.8 Å². The molecular weight excluding hydrogens is 296 g/mol. The highest BCUT2D eigenvalue weighted by Crippen LogP contribution is 2.23. The van der Waals surface area contributed by atoms with Gasteiger partial charge in [0.25, 0.3) is 0 Å². The second kappa shape index (κ2) is 5.30. The van der Waals surface area contributed by atoms with E-state index >= 15 is 0 Å². The monoisotopic (exact) mass is 306 g/mol. The maximum absolute atomic E-state index is 11.6. The average Bonchev–Trinajstić information content (AvgIpc) is 2.87. The van der Waals surface area contributed by atoms with Gasteiger partial charge >= 0.3 is 0 Å². The molecule has 7 heteroatoms. The molecule has 1 atom stereocenters. The van der Waals surface area contributed by atoms with Gasteiger partial charge in [0, 0.05) is 22.9 Å². The molecule has 20 heavy (non-hydrogen) atoms. The SMILES string of the molecule is C[S@](=O)c1nncn1Cc1cc(Cl)cc2cccnc12. The Hall–Kier alpha value is -1.79. The van der Waals surface area contributed by atoms with Crippen molar-refractivity contribution in [3.63, 3.8) is 0 Å². The van der Waals surface area contributed by atoms with E-state index in [4.69, 9.17) is 11.6 Å². The summed E-state index contributed by atoms with van der Waals surface area (Å²) in [7, 11) is -1.19. The van der Waals surface area contributed by atoms with Gasteiger partial charge in [0.1, 0.15) is 6.33 Å². The summed E-state index contributed by atoms with van der Waals surface area (Å²) >= 11 is 6.14. The first-order valence-corrected chi connectivity index (χ1v) is 7.83. The molecule has 3 rings (SSSR count). The van der Waals surface area contributed by atoms with Gasteiger partial charge in [-0.1, -0.05) is 17.7 Å². The predicted molar refractivity (Wildman–Crippen MR) is 78.2 cm³/mol. The number of hydrogen-bond donors (Lipinski definition) is 0. The standard InChI is InChI=1S/C13H11ClN4OS/c1-20(19)13-17-16-8-18(13)7-10-6-11(14)5-9-3-2-4-15-12(9)10/h2-6,8H,7H2,1H3/t20-/m0/s1. The molecule has 3 aromatic rings. The molecule has 102 valence electrons. The quantitative estimate of drug-likeness (QED) is 0.745. The summed E-state index contributed by atoms with van der Waals surface area (Å²) in [5, 5.41) is 9.74. The van der Waals surface area contributed by atoms with Gasteiger partial charge in [-0.25, -0.2) is 0 Å². The van der Waals surface area contributed by atoms with E-state index in [1.54, 1.807) is 23.3 Å². The molecule has 0 fully saturated rings. The molecule has 0 saturated heterocycles. The molecular formula is C13H11ClN4OS. The number of aromatic nitrogens is 4. The van der Waals surface area contributed by atoms with Crippen LogP contribution in [0.25, 0.3) is 10.9 Å². The molecule has 1 aromatic carbocycles. The van der Waals surface area contributed by atoms with E-state index in [1.807, 2.05) is 24.3 Å². The van der Waals surface area contributed by atoms with Crippen molar-refractivity contribution < 1.29 is 4.21 Å². The maximum atomic E-state index is 11.6. The minimum Gasteiger partial charge on any atom is -0.302 e. The fourth-order valence-electron chi connectivity index (χ4n) is 2.11. The van der Waals surface area contributed by atoms with Crippen LogP contribution in [-0.2, 0) is 17.3 Å². The van der Waals surface area contributed by atoms with E-state index in [2.05, 4.69) is 15.2 Å². The number of rotatable bonds is 3. The fourth-order valence-corrected chi connectivity index (χ4v) is 2.96.